The molecule has 82 valence electrons. The minimum absolute atomic E-state index is 0.400. The van der Waals surface area contributed by atoms with Gasteiger partial charge in [0.15, 0.2) is 0 Å². The Morgan fingerprint density at radius 1 is 1.47 bits per heavy atom. The van der Waals surface area contributed by atoms with Crippen LogP contribution in [0.25, 0.3) is 0 Å². The van der Waals surface area contributed by atoms with Crippen LogP contribution in [0, 0.1) is 5.82 Å². The zero-order chi connectivity index (χ0) is 11.4. The standard InChI is InChI=1S/C10H12FNO2S/c1-2-9(10(12)13)15(14)8-5-3-7(11)4-6-8/h3-6,9H,2H2,1H3,(H2,12,13). The van der Waals surface area contributed by atoms with Gasteiger partial charge in [0.05, 0.1) is 10.8 Å². The first-order chi connectivity index (χ1) is 7.06. The largest absolute Gasteiger partial charge is 0.369 e. The third kappa shape index (κ3) is 2.86. The molecule has 0 spiro atoms. The van der Waals surface area contributed by atoms with E-state index in [1.807, 2.05) is 0 Å². The molecule has 0 aliphatic heterocycles. The van der Waals surface area contributed by atoms with Crippen LogP contribution in [0.3, 0.4) is 0 Å². The fourth-order valence-electron chi connectivity index (χ4n) is 1.19. The van der Waals surface area contributed by atoms with Crippen molar-refractivity contribution in [3.8, 4) is 0 Å². The Hall–Kier alpha value is -1.23. The van der Waals surface area contributed by atoms with Gasteiger partial charge in [-0.1, -0.05) is 6.92 Å². The van der Waals surface area contributed by atoms with Crippen molar-refractivity contribution < 1.29 is 13.4 Å². The molecule has 0 saturated heterocycles. The number of benzene rings is 1. The average Bonchev–Trinajstić information content (AvgIpc) is 2.19. The van der Waals surface area contributed by atoms with Gasteiger partial charge in [0.25, 0.3) is 0 Å². The molecule has 0 fully saturated rings. The number of primary amides is 1. The Labute approximate surface area is 89.9 Å². The molecule has 0 aliphatic carbocycles. The lowest BCUT2D eigenvalue weighted by Gasteiger charge is -2.10. The first kappa shape index (κ1) is 11.8. The van der Waals surface area contributed by atoms with Crippen LogP contribution in [0.5, 0.6) is 0 Å². The van der Waals surface area contributed by atoms with Crippen LogP contribution >= 0.6 is 0 Å². The highest BCUT2D eigenvalue weighted by Gasteiger charge is 2.21. The van der Waals surface area contributed by atoms with E-state index in [2.05, 4.69) is 0 Å². The molecule has 2 atom stereocenters. The number of carbonyl (C=O) groups is 1. The van der Waals surface area contributed by atoms with Crippen molar-refractivity contribution in [1.82, 2.24) is 0 Å². The summed E-state index contributed by atoms with van der Waals surface area (Å²) in [5.41, 5.74) is 5.11. The van der Waals surface area contributed by atoms with Crippen molar-refractivity contribution in [2.45, 2.75) is 23.5 Å². The second-order valence-corrected chi connectivity index (χ2v) is 4.69. The van der Waals surface area contributed by atoms with Crippen LogP contribution in [-0.2, 0) is 15.6 Å². The molecule has 1 aromatic carbocycles. The van der Waals surface area contributed by atoms with Crippen molar-refractivity contribution >= 4 is 16.7 Å². The SMILES string of the molecule is CCC(C(N)=O)S(=O)c1ccc(F)cc1. The van der Waals surface area contributed by atoms with Crippen LogP contribution in [0.4, 0.5) is 4.39 Å². The van der Waals surface area contributed by atoms with Gasteiger partial charge in [0.2, 0.25) is 5.91 Å². The van der Waals surface area contributed by atoms with Gasteiger partial charge in [0.1, 0.15) is 11.1 Å². The third-order valence-electron chi connectivity index (χ3n) is 1.99. The lowest BCUT2D eigenvalue weighted by atomic mass is 10.3. The molecular formula is C10H12FNO2S. The third-order valence-corrected chi connectivity index (χ3v) is 3.81. The Balaban J connectivity index is 2.93. The van der Waals surface area contributed by atoms with E-state index >= 15 is 0 Å². The molecule has 0 heterocycles. The maximum absolute atomic E-state index is 12.6. The quantitative estimate of drug-likeness (QED) is 0.843. The fourth-order valence-corrected chi connectivity index (χ4v) is 2.44. The van der Waals surface area contributed by atoms with Crippen LogP contribution in [0.1, 0.15) is 13.3 Å². The molecule has 2 N–H and O–H groups in total. The summed E-state index contributed by atoms with van der Waals surface area (Å²) >= 11 is 0. The van der Waals surface area contributed by atoms with E-state index in [4.69, 9.17) is 5.73 Å². The first-order valence-electron chi connectivity index (χ1n) is 4.51. The predicted molar refractivity (Wildman–Crippen MR) is 56.1 cm³/mol. The topological polar surface area (TPSA) is 60.2 Å². The molecule has 5 heteroatoms. The summed E-state index contributed by atoms with van der Waals surface area (Å²) in [7, 11) is -1.50. The molecule has 1 rings (SSSR count). The summed E-state index contributed by atoms with van der Waals surface area (Å²) in [5, 5.41) is -0.713. The van der Waals surface area contributed by atoms with Gasteiger partial charge in [-0.25, -0.2) is 4.39 Å². The van der Waals surface area contributed by atoms with E-state index in [9.17, 15) is 13.4 Å². The highest BCUT2D eigenvalue weighted by molar-refractivity contribution is 7.86. The van der Waals surface area contributed by atoms with Gasteiger partial charge in [-0.3, -0.25) is 9.00 Å². The molecule has 0 radical (unpaired) electrons. The molecule has 0 aromatic heterocycles. The van der Waals surface area contributed by atoms with Gasteiger partial charge < -0.3 is 5.73 Å². The van der Waals surface area contributed by atoms with Crippen LogP contribution in [0.15, 0.2) is 29.2 Å². The van der Waals surface area contributed by atoms with Gasteiger partial charge >= 0.3 is 0 Å². The number of rotatable bonds is 4. The highest BCUT2D eigenvalue weighted by Crippen LogP contribution is 2.14. The van der Waals surface area contributed by atoms with Gasteiger partial charge in [0, 0.05) is 4.90 Å². The van der Waals surface area contributed by atoms with E-state index in [1.54, 1.807) is 6.92 Å². The number of nitrogens with two attached hydrogens (primary N) is 1. The van der Waals surface area contributed by atoms with Crippen molar-refractivity contribution in [3.63, 3.8) is 0 Å². The van der Waals surface area contributed by atoms with Crippen molar-refractivity contribution in [1.29, 1.82) is 0 Å². The van der Waals surface area contributed by atoms with Crippen LogP contribution in [0.2, 0.25) is 0 Å². The minimum atomic E-state index is -1.50. The van der Waals surface area contributed by atoms with E-state index in [1.165, 1.54) is 24.3 Å². The number of carbonyl (C=O) groups excluding carboxylic acids is 1. The van der Waals surface area contributed by atoms with E-state index in [-0.39, 0.29) is 0 Å². The average molecular weight is 229 g/mol. The van der Waals surface area contributed by atoms with Gasteiger partial charge in [-0.05, 0) is 30.7 Å². The maximum atomic E-state index is 12.6. The zero-order valence-corrected chi connectivity index (χ0v) is 9.09. The van der Waals surface area contributed by atoms with Crippen LogP contribution < -0.4 is 5.73 Å². The van der Waals surface area contributed by atoms with Crippen molar-refractivity contribution in [2.24, 2.45) is 5.73 Å². The van der Waals surface area contributed by atoms with Gasteiger partial charge in [-0.2, -0.15) is 0 Å². The second kappa shape index (κ2) is 5.02. The molecule has 3 nitrogen and oxygen atoms in total. The minimum Gasteiger partial charge on any atom is -0.369 e. The smallest absolute Gasteiger partial charge is 0.233 e. The number of hydrogen-bond donors (Lipinski definition) is 1. The number of amides is 1. The van der Waals surface area contributed by atoms with Crippen LogP contribution in [-0.4, -0.2) is 15.4 Å². The van der Waals surface area contributed by atoms with E-state index < -0.39 is 27.8 Å². The Morgan fingerprint density at radius 2 is 2.00 bits per heavy atom. The molecule has 0 saturated carbocycles. The lowest BCUT2D eigenvalue weighted by molar-refractivity contribution is -0.117. The Kier molecular flexibility index (Phi) is 3.96. The first-order valence-corrected chi connectivity index (χ1v) is 5.73. The monoisotopic (exact) mass is 229 g/mol. The summed E-state index contributed by atoms with van der Waals surface area (Å²) in [6.45, 7) is 1.73. The summed E-state index contributed by atoms with van der Waals surface area (Å²) in [6.07, 6.45) is 0.402. The normalized spacial score (nSPS) is 14.5. The molecular weight excluding hydrogens is 217 g/mol. The zero-order valence-electron chi connectivity index (χ0n) is 8.27. The molecule has 0 bridgehead atoms. The van der Waals surface area contributed by atoms with E-state index in [0.29, 0.717) is 11.3 Å². The van der Waals surface area contributed by atoms with E-state index in [0.717, 1.165) is 0 Å². The molecule has 1 aromatic rings. The van der Waals surface area contributed by atoms with Crippen molar-refractivity contribution in [3.05, 3.63) is 30.1 Å². The number of hydrogen-bond acceptors (Lipinski definition) is 2. The lowest BCUT2D eigenvalue weighted by Crippen LogP contribution is -2.31. The molecule has 1 amide bonds. The summed E-state index contributed by atoms with van der Waals surface area (Å²) in [5.74, 6) is -0.997. The van der Waals surface area contributed by atoms with Crippen molar-refractivity contribution in [2.75, 3.05) is 0 Å². The fraction of sp³-hybridized carbons (Fsp3) is 0.300. The number of halogens is 1. The van der Waals surface area contributed by atoms with Gasteiger partial charge in [-0.15, -0.1) is 0 Å². The Bertz CT molecular complexity index is 378. The summed E-state index contributed by atoms with van der Waals surface area (Å²) in [6, 6.07) is 5.22. The summed E-state index contributed by atoms with van der Waals surface area (Å²) in [4.78, 5) is 11.4. The Morgan fingerprint density at radius 3 is 2.40 bits per heavy atom. The molecule has 15 heavy (non-hydrogen) atoms. The molecule has 2 unspecified atom stereocenters. The predicted octanol–water partition coefficient (Wildman–Crippen LogP) is 1.20. The molecule has 0 aliphatic rings. The highest BCUT2D eigenvalue weighted by atomic mass is 32.2. The second-order valence-electron chi connectivity index (χ2n) is 3.05. The maximum Gasteiger partial charge on any atom is 0.233 e. The summed E-state index contributed by atoms with van der Waals surface area (Å²) < 4.78 is 24.4.